The van der Waals surface area contributed by atoms with E-state index in [9.17, 15) is 13.2 Å². The van der Waals surface area contributed by atoms with Crippen molar-refractivity contribution in [3.8, 4) is 11.1 Å². The third-order valence-corrected chi connectivity index (χ3v) is 3.71. The zero-order chi connectivity index (χ0) is 14.9. The van der Waals surface area contributed by atoms with Gasteiger partial charge in [-0.15, -0.1) is 11.6 Å². The molecule has 0 fully saturated rings. The quantitative estimate of drug-likeness (QED) is 0.554. The Morgan fingerprint density at radius 2 is 1.55 bits per heavy atom. The number of alkyl halides is 4. The van der Waals surface area contributed by atoms with Crippen molar-refractivity contribution in [1.82, 2.24) is 0 Å². The molecule has 0 heterocycles. The predicted molar refractivity (Wildman–Crippen MR) is 76.5 cm³/mol. The molecule has 0 aromatic heterocycles. The maximum Gasteiger partial charge on any atom is 0.417 e. The summed E-state index contributed by atoms with van der Waals surface area (Å²) in [4.78, 5) is 0. The van der Waals surface area contributed by atoms with Crippen molar-refractivity contribution in [1.29, 1.82) is 0 Å². The molecule has 0 saturated carbocycles. The van der Waals surface area contributed by atoms with E-state index in [1.54, 1.807) is 6.07 Å². The molecule has 0 atom stereocenters. The van der Waals surface area contributed by atoms with Gasteiger partial charge in [0.1, 0.15) is 0 Å². The molecule has 0 amide bonds. The van der Waals surface area contributed by atoms with Crippen LogP contribution in [0.5, 0.6) is 0 Å². The van der Waals surface area contributed by atoms with Crippen molar-refractivity contribution in [2.45, 2.75) is 12.1 Å². The SMILES string of the molecule is FC(F)(F)c1cc(CCl)ccc1-c1c(Cl)cccc1Cl. The number of benzene rings is 2. The van der Waals surface area contributed by atoms with Crippen LogP contribution in [0.25, 0.3) is 11.1 Å². The lowest BCUT2D eigenvalue weighted by atomic mass is 9.97. The largest absolute Gasteiger partial charge is 0.417 e. The highest BCUT2D eigenvalue weighted by atomic mass is 35.5. The van der Waals surface area contributed by atoms with Gasteiger partial charge in [0.05, 0.1) is 5.56 Å². The molecule has 2 aromatic carbocycles. The molecule has 0 spiro atoms. The summed E-state index contributed by atoms with van der Waals surface area (Å²) in [5, 5.41) is 0.336. The Hall–Kier alpha value is -0.900. The van der Waals surface area contributed by atoms with Crippen LogP contribution in [0.4, 0.5) is 13.2 Å². The van der Waals surface area contributed by atoms with Crippen LogP contribution < -0.4 is 0 Å². The maximum absolute atomic E-state index is 13.2. The molecule has 0 N–H and O–H groups in total. The van der Waals surface area contributed by atoms with E-state index in [2.05, 4.69) is 0 Å². The number of hydrogen-bond donors (Lipinski definition) is 0. The van der Waals surface area contributed by atoms with Crippen LogP contribution in [-0.4, -0.2) is 0 Å². The molecule has 0 aliphatic heterocycles. The lowest BCUT2D eigenvalue weighted by Gasteiger charge is -2.16. The van der Waals surface area contributed by atoms with Crippen molar-refractivity contribution in [2.75, 3.05) is 0 Å². The molecule has 2 aromatic rings. The Kier molecular flexibility index (Phi) is 4.52. The second-order valence-electron chi connectivity index (χ2n) is 4.11. The van der Waals surface area contributed by atoms with Gasteiger partial charge in [-0.05, 0) is 29.3 Å². The van der Waals surface area contributed by atoms with Gasteiger partial charge >= 0.3 is 6.18 Å². The van der Waals surface area contributed by atoms with Crippen LogP contribution in [0.1, 0.15) is 11.1 Å². The number of halogens is 6. The fourth-order valence-corrected chi connectivity index (χ4v) is 2.65. The first-order valence-electron chi connectivity index (χ1n) is 5.55. The molecule has 0 radical (unpaired) electrons. The molecule has 0 aliphatic carbocycles. The first-order chi connectivity index (χ1) is 9.34. The van der Waals surface area contributed by atoms with Gasteiger partial charge in [0, 0.05) is 21.5 Å². The average molecular weight is 340 g/mol. The molecular formula is C14H8Cl3F3. The minimum Gasteiger partial charge on any atom is -0.166 e. The van der Waals surface area contributed by atoms with Crippen molar-refractivity contribution >= 4 is 34.8 Å². The highest BCUT2D eigenvalue weighted by Crippen LogP contribution is 2.42. The topological polar surface area (TPSA) is 0 Å². The first kappa shape index (κ1) is 15.5. The molecule has 20 heavy (non-hydrogen) atoms. The summed E-state index contributed by atoms with van der Waals surface area (Å²) >= 11 is 17.6. The zero-order valence-corrected chi connectivity index (χ0v) is 12.2. The normalized spacial score (nSPS) is 11.7. The maximum atomic E-state index is 13.2. The van der Waals surface area contributed by atoms with Gasteiger partial charge in [-0.1, -0.05) is 41.4 Å². The third kappa shape index (κ3) is 3.05. The van der Waals surface area contributed by atoms with Crippen LogP contribution in [0, 0.1) is 0 Å². The minimum atomic E-state index is -4.51. The molecule has 6 heteroatoms. The fourth-order valence-electron chi connectivity index (χ4n) is 1.88. The second kappa shape index (κ2) is 5.84. The lowest BCUT2D eigenvalue weighted by Crippen LogP contribution is -2.08. The fraction of sp³-hybridized carbons (Fsp3) is 0.143. The smallest absolute Gasteiger partial charge is 0.166 e. The van der Waals surface area contributed by atoms with E-state index < -0.39 is 11.7 Å². The van der Waals surface area contributed by atoms with Gasteiger partial charge in [0.15, 0.2) is 0 Å². The monoisotopic (exact) mass is 338 g/mol. The van der Waals surface area contributed by atoms with Crippen LogP contribution >= 0.6 is 34.8 Å². The van der Waals surface area contributed by atoms with Crippen molar-refractivity contribution < 1.29 is 13.2 Å². The van der Waals surface area contributed by atoms with E-state index in [1.807, 2.05) is 0 Å². The number of rotatable bonds is 2. The molecule has 2 rings (SSSR count). The van der Waals surface area contributed by atoms with Crippen LogP contribution in [-0.2, 0) is 12.1 Å². The molecule has 0 unspecified atom stereocenters. The van der Waals surface area contributed by atoms with Crippen molar-refractivity contribution in [2.24, 2.45) is 0 Å². The summed E-state index contributed by atoms with van der Waals surface area (Å²) < 4.78 is 39.6. The van der Waals surface area contributed by atoms with E-state index >= 15 is 0 Å². The second-order valence-corrected chi connectivity index (χ2v) is 5.19. The average Bonchev–Trinajstić information content (AvgIpc) is 2.37. The molecule has 0 bridgehead atoms. The Bertz CT molecular complexity index is 616. The Labute approximate surface area is 129 Å². The van der Waals surface area contributed by atoms with Gasteiger partial charge in [-0.25, -0.2) is 0 Å². The van der Waals surface area contributed by atoms with Gasteiger partial charge in [0.2, 0.25) is 0 Å². The molecule has 106 valence electrons. The molecule has 0 nitrogen and oxygen atoms in total. The van der Waals surface area contributed by atoms with Crippen LogP contribution in [0.3, 0.4) is 0 Å². The molecule has 0 saturated heterocycles. The van der Waals surface area contributed by atoms with E-state index in [-0.39, 0.29) is 27.1 Å². The Balaban J connectivity index is 2.74. The summed E-state index contributed by atoms with van der Waals surface area (Å²) in [6, 6.07) is 8.46. The highest BCUT2D eigenvalue weighted by molar-refractivity contribution is 6.39. The van der Waals surface area contributed by atoms with Crippen molar-refractivity contribution in [3.05, 3.63) is 57.6 Å². The van der Waals surface area contributed by atoms with Crippen LogP contribution in [0.15, 0.2) is 36.4 Å². The van der Waals surface area contributed by atoms with Gasteiger partial charge in [-0.3, -0.25) is 0 Å². The minimum absolute atomic E-state index is 0.000383. The van der Waals surface area contributed by atoms with Gasteiger partial charge < -0.3 is 0 Å². The van der Waals surface area contributed by atoms with E-state index in [4.69, 9.17) is 34.8 Å². The number of hydrogen-bond acceptors (Lipinski definition) is 0. The zero-order valence-electron chi connectivity index (χ0n) is 9.94. The highest BCUT2D eigenvalue weighted by Gasteiger charge is 2.34. The third-order valence-electron chi connectivity index (χ3n) is 2.78. The Morgan fingerprint density at radius 3 is 2.05 bits per heavy atom. The van der Waals surface area contributed by atoms with Gasteiger partial charge in [-0.2, -0.15) is 13.2 Å². The predicted octanol–water partition coefficient (Wildman–Crippen LogP) is 6.42. The molecule has 0 aliphatic rings. The summed E-state index contributed by atoms with van der Waals surface area (Å²) in [6.07, 6.45) is -4.51. The van der Waals surface area contributed by atoms with E-state index in [0.717, 1.165) is 6.07 Å². The first-order valence-corrected chi connectivity index (χ1v) is 6.84. The van der Waals surface area contributed by atoms with E-state index in [1.165, 1.54) is 24.3 Å². The summed E-state index contributed by atoms with van der Waals surface area (Å²) in [5.74, 6) is -0.000383. The van der Waals surface area contributed by atoms with Crippen LogP contribution in [0.2, 0.25) is 10.0 Å². The molecular weight excluding hydrogens is 332 g/mol. The summed E-state index contributed by atoms with van der Waals surface area (Å²) in [7, 11) is 0. The van der Waals surface area contributed by atoms with E-state index in [0.29, 0.717) is 5.56 Å². The lowest BCUT2D eigenvalue weighted by molar-refractivity contribution is -0.137. The summed E-state index contributed by atoms with van der Waals surface area (Å²) in [6.45, 7) is 0. The Morgan fingerprint density at radius 1 is 0.950 bits per heavy atom. The summed E-state index contributed by atoms with van der Waals surface area (Å²) in [5.41, 5.74) is -0.303. The van der Waals surface area contributed by atoms with Crippen molar-refractivity contribution in [3.63, 3.8) is 0 Å². The van der Waals surface area contributed by atoms with Gasteiger partial charge in [0.25, 0.3) is 0 Å². The standard InChI is InChI=1S/C14H8Cl3F3/c15-7-8-4-5-9(10(6-8)14(18,19)20)13-11(16)2-1-3-12(13)17/h1-6H,7H2.